The molecular weight excluding hydrogens is 366 g/mol. The van der Waals surface area contributed by atoms with Gasteiger partial charge in [-0.25, -0.2) is 9.97 Å². The van der Waals surface area contributed by atoms with Gasteiger partial charge >= 0.3 is 0 Å². The molecule has 5 rings (SSSR count). The third-order valence-electron chi connectivity index (χ3n) is 5.93. The Bertz CT molecular complexity index is 1030. The van der Waals surface area contributed by atoms with Crippen LogP contribution in [0.5, 0.6) is 0 Å². The third-order valence-corrected chi connectivity index (χ3v) is 5.93. The van der Waals surface area contributed by atoms with Crippen LogP contribution in [0.1, 0.15) is 29.7 Å². The molecule has 29 heavy (non-hydrogen) atoms. The van der Waals surface area contributed by atoms with Gasteiger partial charge in [-0.05, 0) is 49.4 Å². The van der Waals surface area contributed by atoms with E-state index in [0.717, 1.165) is 92.6 Å². The van der Waals surface area contributed by atoms with Crippen molar-refractivity contribution in [3.05, 3.63) is 64.0 Å². The minimum atomic E-state index is 0.0514. The van der Waals surface area contributed by atoms with Crippen LogP contribution in [0.15, 0.2) is 46.0 Å². The first kappa shape index (κ1) is 18.1. The number of piperazine rings is 1. The van der Waals surface area contributed by atoms with E-state index in [1.54, 1.807) is 12.4 Å². The molecule has 0 aromatic carbocycles. The lowest BCUT2D eigenvalue weighted by Crippen LogP contribution is -2.46. The molecule has 1 aliphatic heterocycles. The summed E-state index contributed by atoms with van der Waals surface area (Å²) in [6.07, 6.45) is 9.42. The van der Waals surface area contributed by atoms with Gasteiger partial charge in [-0.15, -0.1) is 0 Å². The SMILES string of the molecule is O=c1[nH]cc(-c2ccc(CN3CCN(c4ncccn4)CC3)o2)c2c1CCCC2. The van der Waals surface area contributed by atoms with Crippen LogP contribution in [0, 0.1) is 0 Å². The van der Waals surface area contributed by atoms with Crippen molar-refractivity contribution in [2.24, 2.45) is 0 Å². The van der Waals surface area contributed by atoms with E-state index >= 15 is 0 Å². The van der Waals surface area contributed by atoms with Crippen LogP contribution in [0.3, 0.4) is 0 Å². The zero-order valence-corrected chi connectivity index (χ0v) is 16.4. The largest absolute Gasteiger partial charge is 0.460 e. The lowest BCUT2D eigenvalue weighted by atomic mass is 9.89. The van der Waals surface area contributed by atoms with Gasteiger partial charge in [0.05, 0.1) is 6.54 Å². The number of nitrogens with one attached hydrogen (secondary N) is 1. The van der Waals surface area contributed by atoms with Gasteiger partial charge in [0, 0.05) is 55.9 Å². The maximum absolute atomic E-state index is 12.1. The predicted molar refractivity (Wildman–Crippen MR) is 111 cm³/mol. The number of nitrogens with zero attached hydrogens (tertiary/aromatic N) is 4. The maximum atomic E-state index is 12.1. The summed E-state index contributed by atoms with van der Waals surface area (Å²) in [6.45, 7) is 4.50. The molecule has 7 heteroatoms. The van der Waals surface area contributed by atoms with Crippen LogP contribution in [0.2, 0.25) is 0 Å². The standard InChI is InChI=1S/C22H25N5O2/c28-21-18-5-2-1-4-17(18)19(14-25-21)20-7-6-16(29-20)15-26-10-12-27(13-11-26)22-23-8-3-9-24-22/h3,6-9,14H,1-2,4-5,10-13,15H2,(H,25,28). The van der Waals surface area contributed by atoms with Gasteiger partial charge in [0.2, 0.25) is 5.95 Å². The first-order valence-corrected chi connectivity index (χ1v) is 10.3. The molecule has 3 aromatic rings. The number of pyridine rings is 1. The maximum Gasteiger partial charge on any atom is 0.251 e. The first-order chi connectivity index (χ1) is 14.3. The van der Waals surface area contributed by atoms with Crippen LogP contribution in [0.4, 0.5) is 5.95 Å². The Morgan fingerprint density at radius 2 is 1.76 bits per heavy atom. The summed E-state index contributed by atoms with van der Waals surface area (Å²) in [5, 5.41) is 0. The molecule has 2 aliphatic rings. The van der Waals surface area contributed by atoms with Crippen LogP contribution < -0.4 is 10.5 Å². The van der Waals surface area contributed by atoms with Crippen molar-refractivity contribution < 1.29 is 4.42 Å². The highest BCUT2D eigenvalue weighted by Crippen LogP contribution is 2.30. The monoisotopic (exact) mass is 391 g/mol. The minimum Gasteiger partial charge on any atom is -0.460 e. The molecule has 0 amide bonds. The summed E-state index contributed by atoms with van der Waals surface area (Å²) < 4.78 is 6.19. The van der Waals surface area contributed by atoms with Crippen molar-refractivity contribution in [2.75, 3.05) is 31.1 Å². The van der Waals surface area contributed by atoms with Crippen molar-refractivity contribution in [3.63, 3.8) is 0 Å². The van der Waals surface area contributed by atoms with E-state index in [9.17, 15) is 4.79 Å². The van der Waals surface area contributed by atoms with Crippen molar-refractivity contribution >= 4 is 5.95 Å². The van der Waals surface area contributed by atoms with Gasteiger partial charge in [0.1, 0.15) is 11.5 Å². The second kappa shape index (κ2) is 7.83. The summed E-state index contributed by atoms with van der Waals surface area (Å²) in [7, 11) is 0. The van der Waals surface area contributed by atoms with Crippen molar-refractivity contribution in [1.82, 2.24) is 19.9 Å². The summed E-state index contributed by atoms with van der Waals surface area (Å²) in [6, 6.07) is 5.93. The summed E-state index contributed by atoms with van der Waals surface area (Å²) >= 11 is 0. The minimum absolute atomic E-state index is 0.0514. The van der Waals surface area contributed by atoms with Crippen LogP contribution in [0.25, 0.3) is 11.3 Å². The van der Waals surface area contributed by atoms with E-state index in [1.807, 2.05) is 18.3 Å². The van der Waals surface area contributed by atoms with Crippen molar-refractivity contribution in [2.45, 2.75) is 32.2 Å². The number of aromatic nitrogens is 3. The van der Waals surface area contributed by atoms with E-state index in [-0.39, 0.29) is 5.56 Å². The highest BCUT2D eigenvalue weighted by molar-refractivity contribution is 5.63. The number of furan rings is 1. The van der Waals surface area contributed by atoms with E-state index in [2.05, 4.69) is 30.8 Å². The molecule has 1 fully saturated rings. The number of H-pyrrole nitrogens is 1. The fourth-order valence-corrected chi connectivity index (χ4v) is 4.37. The number of fused-ring (bicyclic) bond motifs is 1. The predicted octanol–water partition coefficient (Wildman–Crippen LogP) is 2.63. The normalized spacial score (nSPS) is 17.3. The smallest absolute Gasteiger partial charge is 0.251 e. The lowest BCUT2D eigenvalue weighted by molar-refractivity contribution is 0.230. The van der Waals surface area contributed by atoms with Gasteiger partial charge in [-0.2, -0.15) is 0 Å². The molecular formula is C22H25N5O2. The zero-order valence-electron chi connectivity index (χ0n) is 16.4. The van der Waals surface area contributed by atoms with Crippen LogP contribution in [-0.2, 0) is 19.4 Å². The molecule has 0 saturated carbocycles. The summed E-state index contributed by atoms with van der Waals surface area (Å²) in [5.41, 5.74) is 3.19. The Labute approximate surface area is 169 Å². The molecule has 0 unspecified atom stereocenters. The number of anilines is 1. The van der Waals surface area contributed by atoms with Crippen molar-refractivity contribution in [3.8, 4) is 11.3 Å². The Morgan fingerprint density at radius 1 is 1.00 bits per heavy atom. The van der Waals surface area contributed by atoms with Crippen LogP contribution >= 0.6 is 0 Å². The molecule has 150 valence electrons. The Morgan fingerprint density at radius 3 is 2.55 bits per heavy atom. The highest BCUT2D eigenvalue weighted by atomic mass is 16.3. The molecule has 0 atom stereocenters. The number of hydrogen-bond acceptors (Lipinski definition) is 6. The summed E-state index contributed by atoms with van der Waals surface area (Å²) in [5.74, 6) is 2.61. The van der Waals surface area contributed by atoms with E-state index in [0.29, 0.717) is 0 Å². The van der Waals surface area contributed by atoms with Crippen molar-refractivity contribution in [1.29, 1.82) is 0 Å². The first-order valence-electron chi connectivity index (χ1n) is 10.3. The van der Waals surface area contributed by atoms with Gasteiger partial charge < -0.3 is 14.3 Å². The molecule has 1 saturated heterocycles. The van der Waals surface area contributed by atoms with Gasteiger partial charge in [-0.3, -0.25) is 9.69 Å². The highest BCUT2D eigenvalue weighted by Gasteiger charge is 2.22. The number of aromatic amines is 1. The Hall–Kier alpha value is -2.93. The van der Waals surface area contributed by atoms with E-state index in [4.69, 9.17) is 4.42 Å². The lowest BCUT2D eigenvalue weighted by Gasteiger charge is -2.34. The fraction of sp³-hybridized carbons (Fsp3) is 0.409. The number of rotatable bonds is 4. The molecule has 1 aliphatic carbocycles. The molecule has 3 aromatic heterocycles. The van der Waals surface area contributed by atoms with E-state index in [1.165, 1.54) is 0 Å². The Balaban J connectivity index is 1.27. The molecule has 0 bridgehead atoms. The molecule has 4 heterocycles. The molecule has 0 radical (unpaired) electrons. The zero-order chi connectivity index (χ0) is 19.6. The third kappa shape index (κ3) is 3.70. The average Bonchev–Trinajstić information content (AvgIpc) is 3.23. The van der Waals surface area contributed by atoms with Gasteiger partial charge in [0.15, 0.2) is 0 Å². The Kier molecular flexibility index (Phi) is 4.89. The number of hydrogen-bond donors (Lipinski definition) is 1. The second-order valence-corrected chi connectivity index (χ2v) is 7.77. The second-order valence-electron chi connectivity index (χ2n) is 7.77. The fourth-order valence-electron chi connectivity index (χ4n) is 4.37. The topological polar surface area (TPSA) is 78.3 Å². The van der Waals surface area contributed by atoms with Gasteiger partial charge in [-0.1, -0.05) is 0 Å². The molecule has 7 nitrogen and oxygen atoms in total. The molecule has 1 N–H and O–H groups in total. The van der Waals surface area contributed by atoms with E-state index < -0.39 is 0 Å². The molecule has 0 spiro atoms. The summed E-state index contributed by atoms with van der Waals surface area (Å²) in [4.78, 5) is 28.3. The quantitative estimate of drug-likeness (QED) is 0.737. The van der Waals surface area contributed by atoms with Crippen LogP contribution in [-0.4, -0.2) is 46.0 Å². The average molecular weight is 391 g/mol. The van der Waals surface area contributed by atoms with Gasteiger partial charge in [0.25, 0.3) is 5.56 Å².